The normalized spacial score (nSPS) is 23.3. The number of rotatable bonds is 4. The molecule has 1 aliphatic rings. The van der Waals surface area contributed by atoms with Gasteiger partial charge in [0.25, 0.3) is 0 Å². The van der Waals surface area contributed by atoms with Gasteiger partial charge in [-0.2, -0.15) is 13.2 Å². The average molecular weight is 329 g/mol. The van der Waals surface area contributed by atoms with Gasteiger partial charge in [0, 0.05) is 6.20 Å². The Hall–Kier alpha value is -1.59. The van der Waals surface area contributed by atoms with E-state index in [0.29, 0.717) is 12.2 Å². The lowest BCUT2D eigenvalue weighted by Crippen LogP contribution is -2.26. The summed E-state index contributed by atoms with van der Waals surface area (Å²) in [6.07, 6.45) is 0.0468. The van der Waals surface area contributed by atoms with Crippen LogP contribution in [0.5, 0.6) is 0 Å². The van der Waals surface area contributed by atoms with Gasteiger partial charge in [-0.15, -0.1) is 0 Å². The summed E-state index contributed by atoms with van der Waals surface area (Å²) in [5.41, 5.74) is -0.147. The second kappa shape index (κ2) is 7.32. The van der Waals surface area contributed by atoms with Gasteiger partial charge in [-0.3, -0.25) is 9.78 Å². The second-order valence-corrected chi connectivity index (χ2v) is 6.12. The predicted octanol–water partition coefficient (Wildman–Crippen LogP) is 4.57. The minimum absolute atomic E-state index is 0.102. The van der Waals surface area contributed by atoms with Crippen molar-refractivity contribution in [2.45, 2.75) is 51.6 Å². The first kappa shape index (κ1) is 17.8. The van der Waals surface area contributed by atoms with Gasteiger partial charge < -0.3 is 4.74 Å². The maximum atomic E-state index is 12.8. The maximum absolute atomic E-state index is 12.8. The molecule has 0 radical (unpaired) electrons. The summed E-state index contributed by atoms with van der Waals surface area (Å²) in [5, 5.41) is 0. The number of carbonyl (C=O) groups excluding carboxylic acids is 1. The van der Waals surface area contributed by atoms with Gasteiger partial charge in [0.2, 0.25) is 0 Å². The van der Waals surface area contributed by atoms with Crippen molar-refractivity contribution in [3.63, 3.8) is 0 Å². The molecule has 3 nitrogen and oxygen atoms in total. The van der Waals surface area contributed by atoms with Crippen LogP contribution in [0.1, 0.15) is 56.7 Å². The Balaban J connectivity index is 1.98. The number of nitrogens with zero attached hydrogens (tertiary/aromatic N) is 1. The van der Waals surface area contributed by atoms with E-state index in [9.17, 15) is 18.0 Å². The number of halogens is 3. The van der Waals surface area contributed by atoms with Crippen molar-refractivity contribution < 1.29 is 22.7 Å². The Labute approximate surface area is 134 Å². The Morgan fingerprint density at radius 2 is 2.00 bits per heavy atom. The van der Waals surface area contributed by atoms with Crippen molar-refractivity contribution in [3.05, 3.63) is 29.6 Å². The highest BCUT2D eigenvalue weighted by molar-refractivity contribution is 5.72. The predicted molar refractivity (Wildman–Crippen MR) is 79.7 cm³/mol. The van der Waals surface area contributed by atoms with E-state index < -0.39 is 11.9 Å². The van der Waals surface area contributed by atoms with Crippen LogP contribution in [0.15, 0.2) is 18.3 Å². The minimum atomic E-state index is -4.41. The van der Waals surface area contributed by atoms with E-state index in [1.54, 1.807) is 13.0 Å². The van der Waals surface area contributed by atoms with Gasteiger partial charge in [0.15, 0.2) is 0 Å². The largest absolute Gasteiger partial charge is 0.466 e. The number of hydrogen-bond acceptors (Lipinski definition) is 3. The van der Waals surface area contributed by atoms with Crippen molar-refractivity contribution >= 4 is 5.97 Å². The molecule has 1 atom stereocenters. The van der Waals surface area contributed by atoms with Crippen LogP contribution in [0.4, 0.5) is 13.2 Å². The first-order valence-electron chi connectivity index (χ1n) is 8.02. The van der Waals surface area contributed by atoms with E-state index in [4.69, 9.17) is 4.74 Å². The molecule has 1 aromatic heterocycles. The van der Waals surface area contributed by atoms with Gasteiger partial charge in [-0.05, 0) is 62.1 Å². The molecule has 0 spiro atoms. The van der Waals surface area contributed by atoms with Crippen LogP contribution in [0.25, 0.3) is 0 Å². The van der Waals surface area contributed by atoms with Crippen molar-refractivity contribution in [1.82, 2.24) is 4.98 Å². The monoisotopic (exact) mass is 329 g/mol. The highest BCUT2D eigenvalue weighted by Gasteiger charge is 2.34. The van der Waals surface area contributed by atoms with E-state index >= 15 is 0 Å². The lowest BCUT2D eigenvalue weighted by atomic mass is 9.74. The molecule has 0 aromatic carbocycles. The maximum Gasteiger partial charge on any atom is 0.433 e. The molecule has 1 fully saturated rings. The van der Waals surface area contributed by atoms with Gasteiger partial charge in [0.1, 0.15) is 5.69 Å². The lowest BCUT2D eigenvalue weighted by Gasteiger charge is -2.31. The van der Waals surface area contributed by atoms with Gasteiger partial charge in [-0.25, -0.2) is 0 Å². The SMILES string of the molecule is CCOC(=O)C(C)C1CCC(c2ccnc(C(F)(F)F)c2)CC1. The molecule has 0 aliphatic heterocycles. The molecule has 0 N–H and O–H groups in total. The molecule has 0 bridgehead atoms. The summed E-state index contributed by atoms with van der Waals surface area (Å²) in [6, 6.07) is 2.81. The fourth-order valence-electron chi connectivity index (χ4n) is 3.27. The molecular weight excluding hydrogens is 307 g/mol. The van der Waals surface area contributed by atoms with Crippen molar-refractivity contribution in [3.8, 4) is 0 Å². The van der Waals surface area contributed by atoms with Crippen molar-refractivity contribution in [2.24, 2.45) is 11.8 Å². The molecule has 0 amide bonds. The standard InChI is InChI=1S/C17H22F3NO2/c1-3-23-16(22)11(2)12-4-6-13(7-5-12)14-8-9-21-15(10-14)17(18,19)20/h8-13H,3-7H2,1-2H3. The molecule has 1 unspecified atom stereocenters. The zero-order valence-electron chi connectivity index (χ0n) is 13.4. The zero-order valence-corrected chi connectivity index (χ0v) is 13.4. The zero-order chi connectivity index (χ0) is 17.0. The molecule has 6 heteroatoms. The van der Waals surface area contributed by atoms with Gasteiger partial charge in [-0.1, -0.05) is 6.92 Å². The molecule has 0 saturated heterocycles. The Kier molecular flexibility index (Phi) is 5.65. The highest BCUT2D eigenvalue weighted by Crippen LogP contribution is 2.40. The van der Waals surface area contributed by atoms with E-state index in [-0.39, 0.29) is 23.7 Å². The van der Waals surface area contributed by atoms with Crippen molar-refractivity contribution in [1.29, 1.82) is 0 Å². The van der Waals surface area contributed by atoms with Gasteiger partial charge >= 0.3 is 12.1 Å². The van der Waals surface area contributed by atoms with E-state index in [1.165, 1.54) is 6.20 Å². The number of aromatic nitrogens is 1. The Morgan fingerprint density at radius 3 is 2.57 bits per heavy atom. The summed E-state index contributed by atoms with van der Waals surface area (Å²) in [5.74, 6) is 0.0114. The third-order valence-corrected chi connectivity index (χ3v) is 4.68. The third kappa shape index (κ3) is 4.45. The molecule has 1 heterocycles. The van der Waals surface area contributed by atoms with Crippen LogP contribution in [-0.4, -0.2) is 17.6 Å². The second-order valence-electron chi connectivity index (χ2n) is 6.12. The molecule has 128 valence electrons. The molecule has 1 saturated carbocycles. The smallest absolute Gasteiger partial charge is 0.433 e. The third-order valence-electron chi connectivity index (χ3n) is 4.68. The Bertz CT molecular complexity index is 537. The topological polar surface area (TPSA) is 39.2 Å². The first-order valence-corrected chi connectivity index (χ1v) is 8.02. The summed E-state index contributed by atoms with van der Waals surface area (Å²) >= 11 is 0. The van der Waals surface area contributed by atoms with Crippen LogP contribution in [0.2, 0.25) is 0 Å². The number of esters is 1. The number of ether oxygens (including phenoxy) is 1. The minimum Gasteiger partial charge on any atom is -0.466 e. The molecular formula is C17H22F3NO2. The van der Waals surface area contributed by atoms with E-state index in [0.717, 1.165) is 31.7 Å². The summed E-state index contributed by atoms with van der Waals surface area (Å²) in [7, 11) is 0. The van der Waals surface area contributed by atoms with Crippen molar-refractivity contribution in [2.75, 3.05) is 6.61 Å². The Morgan fingerprint density at radius 1 is 1.35 bits per heavy atom. The number of alkyl halides is 3. The number of hydrogen-bond donors (Lipinski definition) is 0. The van der Waals surface area contributed by atoms with Crippen LogP contribution < -0.4 is 0 Å². The van der Waals surface area contributed by atoms with Crippen LogP contribution >= 0.6 is 0 Å². The summed E-state index contributed by atoms with van der Waals surface area (Å²) in [4.78, 5) is 15.2. The molecule has 2 rings (SSSR count). The van der Waals surface area contributed by atoms with Crippen LogP contribution in [-0.2, 0) is 15.7 Å². The fourth-order valence-corrected chi connectivity index (χ4v) is 3.27. The highest BCUT2D eigenvalue weighted by atomic mass is 19.4. The molecule has 23 heavy (non-hydrogen) atoms. The summed E-state index contributed by atoms with van der Waals surface area (Å²) < 4.78 is 43.3. The van der Waals surface area contributed by atoms with E-state index in [1.807, 2.05) is 6.92 Å². The average Bonchev–Trinajstić information content (AvgIpc) is 2.54. The number of carbonyl (C=O) groups is 1. The van der Waals surface area contributed by atoms with Gasteiger partial charge in [0.05, 0.1) is 12.5 Å². The number of pyridine rings is 1. The molecule has 1 aliphatic carbocycles. The lowest BCUT2D eigenvalue weighted by molar-refractivity contribution is -0.149. The van der Waals surface area contributed by atoms with E-state index in [2.05, 4.69) is 4.98 Å². The first-order chi connectivity index (χ1) is 10.8. The fraction of sp³-hybridized carbons (Fsp3) is 0.647. The van der Waals surface area contributed by atoms with Crippen LogP contribution in [0.3, 0.4) is 0 Å². The van der Waals surface area contributed by atoms with Crippen LogP contribution in [0, 0.1) is 11.8 Å². The molecule has 1 aromatic rings. The summed E-state index contributed by atoms with van der Waals surface area (Å²) in [6.45, 7) is 4.02. The quantitative estimate of drug-likeness (QED) is 0.759.